The van der Waals surface area contributed by atoms with Crippen LogP contribution in [0.4, 0.5) is 0 Å². The monoisotopic (exact) mass is 320 g/mol. The highest BCUT2D eigenvalue weighted by molar-refractivity contribution is 9.11. The molecule has 3 heteroatoms. The normalized spacial score (nSPS) is 11.5. The average Bonchev–Trinajstić information content (AvgIpc) is 2.11. The van der Waals surface area contributed by atoms with E-state index in [0.717, 1.165) is 21.1 Å². The van der Waals surface area contributed by atoms with Gasteiger partial charge in [-0.2, -0.15) is 0 Å². The van der Waals surface area contributed by atoms with E-state index in [1.54, 1.807) is 0 Å². The Morgan fingerprint density at radius 2 is 1.93 bits per heavy atom. The van der Waals surface area contributed by atoms with E-state index in [0.29, 0.717) is 0 Å². The molecule has 0 aromatic heterocycles. The molecule has 0 aliphatic carbocycles. The van der Waals surface area contributed by atoms with Crippen molar-refractivity contribution in [3.05, 3.63) is 27.1 Å². The maximum absolute atomic E-state index is 5.89. The van der Waals surface area contributed by atoms with Gasteiger partial charge in [-0.3, -0.25) is 0 Å². The Kier molecular flexibility index (Phi) is 4.02. The fourth-order valence-corrected chi connectivity index (χ4v) is 1.59. The van der Waals surface area contributed by atoms with Crippen LogP contribution < -0.4 is 4.74 Å². The number of rotatable bonds is 3. The molecule has 1 aromatic carbocycles. The van der Waals surface area contributed by atoms with Crippen LogP contribution in [0.5, 0.6) is 5.75 Å². The summed E-state index contributed by atoms with van der Waals surface area (Å²) in [6.45, 7) is 6.28. The molecule has 0 amide bonds. The summed E-state index contributed by atoms with van der Waals surface area (Å²) < 4.78 is 7.90. The highest BCUT2D eigenvalue weighted by atomic mass is 79.9. The molecule has 0 saturated heterocycles. The highest BCUT2D eigenvalue weighted by Crippen LogP contribution is 2.31. The summed E-state index contributed by atoms with van der Waals surface area (Å²) in [6, 6.07) is 5.93. The van der Waals surface area contributed by atoms with Crippen LogP contribution in [0.3, 0.4) is 0 Å². The number of hydrogen-bond acceptors (Lipinski definition) is 1. The molecule has 78 valence electrons. The first-order chi connectivity index (χ1) is 6.44. The van der Waals surface area contributed by atoms with E-state index in [1.807, 2.05) is 18.2 Å². The molecule has 1 nitrogen and oxygen atoms in total. The van der Waals surface area contributed by atoms with Crippen LogP contribution in [0.1, 0.15) is 27.2 Å². The molecular weight excluding hydrogens is 308 g/mol. The lowest BCUT2D eigenvalue weighted by Crippen LogP contribution is -2.26. The van der Waals surface area contributed by atoms with E-state index in [1.165, 1.54) is 0 Å². The third-order valence-corrected chi connectivity index (χ3v) is 3.28. The quantitative estimate of drug-likeness (QED) is 0.778. The van der Waals surface area contributed by atoms with Gasteiger partial charge in [0.2, 0.25) is 0 Å². The summed E-state index contributed by atoms with van der Waals surface area (Å²) >= 11 is 6.89. The second-order valence-corrected chi connectivity index (χ2v) is 5.56. The van der Waals surface area contributed by atoms with E-state index in [-0.39, 0.29) is 5.60 Å². The molecular formula is C11H14Br2O. The number of halogens is 2. The molecule has 0 aliphatic heterocycles. The molecule has 0 aliphatic rings. The highest BCUT2D eigenvalue weighted by Gasteiger charge is 2.18. The SMILES string of the molecule is CCC(C)(C)Oc1cc(Br)ccc1Br. The third-order valence-electron chi connectivity index (χ3n) is 2.13. The number of ether oxygens (including phenoxy) is 1. The van der Waals surface area contributed by atoms with Crippen LogP contribution in [0.2, 0.25) is 0 Å². The molecule has 0 bridgehead atoms. The van der Waals surface area contributed by atoms with Gasteiger partial charge in [0.15, 0.2) is 0 Å². The van der Waals surface area contributed by atoms with Crippen molar-refractivity contribution in [2.75, 3.05) is 0 Å². The lowest BCUT2D eigenvalue weighted by molar-refractivity contribution is 0.104. The summed E-state index contributed by atoms with van der Waals surface area (Å²) in [4.78, 5) is 0. The predicted molar refractivity (Wildman–Crippen MR) is 66.8 cm³/mol. The lowest BCUT2D eigenvalue weighted by Gasteiger charge is -2.25. The van der Waals surface area contributed by atoms with E-state index < -0.39 is 0 Å². The summed E-state index contributed by atoms with van der Waals surface area (Å²) in [7, 11) is 0. The van der Waals surface area contributed by atoms with Gasteiger partial charge in [-0.1, -0.05) is 22.9 Å². The first-order valence-electron chi connectivity index (χ1n) is 4.58. The van der Waals surface area contributed by atoms with Gasteiger partial charge in [0.25, 0.3) is 0 Å². The summed E-state index contributed by atoms with van der Waals surface area (Å²) in [5, 5.41) is 0. The van der Waals surface area contributed by atoms with Gasteiger partial charge in [-0.05, 0) is 54.4 Å². The van der Waals surface area contributed by atoms with Crippen molar-refractivity contribution in [2.24, 2.45) is 0 Å². The maximum atomic E-state index is 5.89. The third kappa shape index (κ3) is 3.28. The van der Waals surface area contributed by atoms with Gasteiger partial charge in [-0.15, -0.1) is 0 Å². The first kappa shape index (κ1) is 12.1. The predicted octanol–water partition coefficient (Wildman–Crippen LogP) is 4.78. The summed E-state index contributed by atoms with van der Waals surface area (Å²) in [5.74, 6) is 0.881. The van der Waals surface area contributed by atoms with Gasteiger partial charge >= 0.3 is 0 Å². The van der Waals surface area contributed by atoms with Gasteiger partial charge in [0, 0.05) is 4.47 Å². The molecule has 0 fully saturated rings. The fourth-order valence-electron chi connectivity index (χ4n) is 0.925. The lowest BCUT2D eigenvalue weighted by atomic mass is 10.1. The van der Waals surface area contributed by atoms with E-state index in [9.17, 15) is 0 Å². The first-order valence-corrected chi connectivity index (χ1v) is 6.17. The van der Waals surface area contributed by atoms with E-state index in [2.05, 4.69) is 52.6 Å². The van der Waals surface area contributed by atoms with Gasteiger partial charge in [0.1, 0.15) is 11.4 Å². The Labute approximate surface area is 102 Å². The zero-order valence-corrected chi connectivity index (χ0v) is 11.8. The molecule has 0 radical (unpaired) electrons. The Balaban J connectivity index is 2.91. The second-order valence-electron chi connectivity index (χ2n) is 3.79. The molecule has 0 N–H and O–H groups in total. The Bertz CT molecular complexity index is 321. The smallest absolute Gasteiger partial charge is 0.135 e. The molecule has 14 heavy (non-hydrogen) atoms. The molecule has 1 aromatic rings. The molecule has 0 unspecified atom stereocenters. The molecule has 1 rings (SSSR count). The summed E-state index contributed by atoms with van der Waals surface area (Å²) in [6.07, 6.45) is 0.978. The number of hydrogen-bond donors (Lipinski definition) is 0. The van der Waals surface area contributed by atoms with Crippen LogP contribution in [0.25, 0.3) is 0 Å². The Morgan fingerprint density at radius 1 is 1.29 bits per heavy atom. The molecule has 0 spiro atoms. The second kappa shape index (κ2) is 4.67. The van der Waals surface area contributed by atoms with Crippen LogP contribution in [0.15, 0.2) is 27.1 Å². The van der Waals surface area contributed by atoms with Gasteiger partial charge in [0.05, 0.1) is 4.47 Å². The topological polar surface area (TPSA) is 9.23 Å². The molecule has 0 atom stereocenters. The largest absolute Gasteiger partial charge is 0.487 e. The Morgan fingerprint density at radius 3 is 2.50 bits per heavy atom. The van der Waals surface area contributed by atoms with Crippen LogP contribution in [0, 0.1) is 0 Å². The molecule has 0 saturated carbocycles. The number of benzene rings is 1. The van der Waals surface area contributed by atoms with Crippen LogP contribution in [-0.4, -0.2) is 5.60 Å². The zero-order valence-electron chi connectivity index (χ0n) is 8.60. The van der Waals surface area contributed by atoms with Crippen molar-refractivity contribution >= 4 is 31.9 Å². The van der Waals surface area contributed by atoms with E-state index >= 15 is 0 Å². The van der Waals surface area contributed by atoms with Gasteiger partial charge < -0.3 is 4.74 Å². The van der Waals surface area contributed by atoms with Crippen molar-refractivity contribution in [2.45, 2.75) is 32.8 Å². The van der Waals surface area contributed by atoms with E-state index in [4.69, 9.17) is 4.74 Å². The minimum Gasteiger partial charge on any atom is -0.487 e. The van der Waals surface area contributed by atoms with Crippen LogP contribution in [-0.2, 0) is 0 Å². The van der Waals surface area contributed by atoms with Crippen LogP contribution >= 0.6 is 31.9 Å². The van der Waals surface area contributed by atoms with Gasteiger partial charge in [-0.25, -0.2) is 0 Å². The minimum absolute atomic E-state index is 0.122. The van der Waals surface area contributed by atoms with Crippen molar-refractivity contribution in [1.29, 1.82) is 0 Å². The van der Waals surface area contributed by atoms with Crippen molar-refractivity contribution in [1.82, 2.24) is 0 Å². The summed E-state index contributed by atoms with van der Waals surface area (Å²) in [5.41, 5.74) is -0.122. The Hall–Kier alpha value is -0.0200. The van der Waals surface area contributed by atoms with Crippen molar-refractivity contribution in [3.8, 4) is 5.75 Å². The van der Waals surface area contributed by atoms with Crippen molar-refractivity contribution in [3.63, 3.8) is 0 Å². The fraction of sp³-hybridized carbons (Fsp3) is 0.455. The minimum atomic E-state index is -0.122. The standard InChI is InChI=1S/C11H14Br2O/c1-4-11(2,3)14-10-7-8(12)5-6-9(10)13/h5-7H,4H2,1-3H3. The zero-order chi connectivity index (χ0) is 10.8. The average molecular weight is 322 g/mol. The van der Waals surface area contributed by atoms with Crippen molar-refractivity contribution < 1.29 is 4.74 Å². The molecule has 0 heterocycles. The maximum Gasteiger partial charge on any atom is 0.135 e.